The van der Waals surface area contributed by atoms with Crippen molar-refractivity contribution in [1.82, 2.24) is 0 Å². The summed E-state index contributed by atoms with van der Waals surface area (Å²) in [6.07, 6.45) is 0. The number of rotatable bonds is 2. The van der Waals surface area contributed by atoms with Crippen molar-refractivity contribution in [3.05, 3.63) is 21.9 Å². The lowest BCUT2D eigenvalue weighted by Gasteiger charge is -1.87. The first kappa shape index (κ1) is 8.67. The molecule has 11 heavy (non-hydrogen) atoms. The van der Waals surface area contributed by atoms with Crippen molar-refractivity contribution in [3.8, 4) is 0 Å². The molecule has 1 aromatic heterocycles. The zero-order valence-electron chi connectivity index (χ0n) is 5.87. The molecule has 5 heteroatoms. The maximum absolute atomic E-state index is 12.1. The van der Waals surface area contributed by atoms with E-state index in [1.807, 2.05) is 6.92 Å². The lowest BCUT2D eigenvalue weighted by molar-refractivity contribution is 0.551. The summed E-state index contributed by atoms with van der Waals surface area (Å²) in [5.41, 5.74) is 0. The number of halogens is 1. The van der Waals surface area contributed by atoms with Crippen molar-refractivity contribution in [2.75, 3.05) is 0 Å². The van der Waals surface area contributed by atoms with Gasteiger partial charge < -0.3 is 0 Å². The van der Waals surface area contributed by atoms with Crippen LogP contribution in [0.4, 0.5) is 3.89 Å². The van der Waals surface area contributed by atoms with Crippen LogP contribution in [0.25, 0.3) is 0 Å². The highest BCUT2D eigenvalue weighted by Crippen LogP contribution is 2.17. The van der Waals surface area contributed by atoms with Crippen molar-refractivity contribution >= 4 is 21.6 Å². The average Bonchev–Trinajstić information content (AvgIpc) is 2.10. The van der Waals surface area contributed by atoms with E-state index in [0.29, 0.717) is 4.88 Å². The van der Waals surface area contributed by atoms with Crippen molar-refractivity contribution in [1.29, 1.82) is 0 Å². The molecule has 0 aromatic carbocycles. The number of hydrogen-bond acceptors (Lipinski definition) is 3. The van der Waals surface area contributed by atoms with Crippen molar-refractivity contribution in [2.24, 2.45) is 0 Å². The van der Waals surface area contributed by atoms with Gasteiger partial charge in [-0.1, -0.05) is 0 Å². The molecule has 0 N–H and O–H groups in total. The number of aryl methyl sites for hydroxylation is 1. The fraction of sp³-hybridized carbons (Fsp3) is 0.333. The topological polar surface area (TPSA) is 34.1 Å². The van der Waals surface area contributed by atoms with E-state index >= 15 is 0 Å². The molecule has 0 spiro atoms. The average molecular weight is 194 g/mol. The van der Waals surface area contributed by atoms with E-state index in [9.17, 15) is 12.3 Å². The van der Waals surface area contributed by atoms with Crippen LogP contribution in [0.3, 0.4) is 0 Å². The minimum Gasteiger partial charge on any atom is -0.194 e. The molecule has 0 amide bonds. The zero-order chi connectivity index (χ0) is 8.48. The highest BCUT2D eigenvalue weighted by molar-refractivity contribution is 7.85. The fourth-order valence-electron chi connectivity index (χ4n) is 0.733. The van der Waals surface area contributed by atoms with Gasteiger partial charge in [0.25, 0.3) is 0 Å². The fourth-order valence-corrected chi connectivity index (χ4v) is 2.51. The summed E-state index contributed by atoms with van der Waals surface area (Å²) in [5, 5.41) is 0. The van der Waals surface area contributed by atoms with Crippen molar-refractivity contribution in [3.63, 3.8) is 0 Å². The Morgan fingerprint density at radius 3 is 2.55 bits per heavy atom. The molecular formula is C6H7FO2S2. The van der Waals surface area contributed by atoms with Crippen LogP contribution in [0.5, 0.6) is 0 Å². The molecule has 0 aliphatic carbocycles. The van der Waals surface area contributed by atoms with Crippen LogP contribution in [-0.2, 0) is 16.0 Å². The van der Waals surface area contributed by atoms with Crippen LogP contribution >= 0.6 is 11.3 Å². The molecule has 0 saturated heterocycles. The Bertz CT molecular complexity index is 339. The Hall–Kier alpha value is -0.420. The highest BCUT2D eigenvalue weighted by atomic mass is 32.3. The maximum atomic E-state index is 12.1. The van der Waals surface area contributed by atoms with Gasteiger partial charge in [0.2, 0.25) is 0 Å². The summed E-state index contributed by atoms with van der Waals surface area (Å²) in [6.45, 7) is 1.85. The Morgan fingerprint density at radius 2 is 2.18 bits per heavy atom. The Balaban J connectivity index is 2.81. The van der Waals surface area contributed by atoms with E-state index < -0.39 is 16.0 Å². The van der Waals surface area contributed by atoms with Crippen LogP contribution in [-0.4, -0.2) is 8.42 Å². The van der Waals surface area contributed by atoms with Crippen LogP contribution in [0.2, 0.25) is 0 Å². The Kier molecular flexibility index (Phi) is 2.29. The lowest BCUT2D eigenvalue weighted by atomic mass is 10.5. The molecule has 0 radical (unpaired) electrons. The molecule has 0 bridgehead atoms. The highest BCUT2D eigenvalue weighted by Gasteiger charge is 2.09. The Labute approximate surface area is 68.9 Å². The van der Waals surface area contributed by atoms with Crippen LogP contribution in [0.15, 0.2) is 12.1 Å². The minimum atomic E-state index is -4.35. The summed E-state index contributed by atoms with van der Waals surface area (Å²) in [5.74, 6) is -0.495. The molecule has 0 saturated carbocycles. The van der Waals surface area contributed by atoms with Gasteiger partial charge in [-0.2, -0.15) is 8.42 Å². The smallest absolute Gasteiger partial charge is 0.194 e. The molecule has 0 fully saturated rings. The number of thiophene rings is 1. The molecule has 1 aromatic rings. The van der Waals surface area contributed by atoms with E-state index in [4.69, 9.17) is 0 Å². The standard InChI is InChI=1S/C6H7FO2S2/c1-5-2-3-6(10-5)4-11(7,8)9/h2-3H,4H2,1H3. The normalized spacial score (nSPS) is 11.8. The van der Waals surface area contributed by atoms with Crippen LogP contribution in [0, 0.1) is 6.92 Å². The van der Waals surface area contributed by atoms with Gasteiger partial charge in [-0.25, -0.2) is 0 Å². The van der Waals surface area contributed by atoms with Crippen LogP contribution in [0.1, 0.15) is 9.75 Å². The van der Waals surface area contributed by atoms with E-state index in [0.717, 1.165) is 4.88 Å². The third-order valence-electron chi connectivity index (χ3n) is 1.11. The molecule has 0 atom stereocenters. The summed E-state index contributed by atoms with van der Waals surface area (Å²) < 4.78 is 32.4. The summed E-state index contributed by atoms with van der Waals surface area (Å²) >= 11 is 1.30. The third-order valence-corrected chi connectivity index (χ3v) is 2.95. The molecule has 1 rings (SSSR count). The second-order valence-corrected chi connectivity index (χ2v) is 4.93. The summed E-state index contributed by atoms with van der Waals surface area (Å²) in [4.78, 5) is 1.54. The lowest BCUT2D eigenvalue weighted by Crippen LogP contribution is -1.92. The predicted octanol–water partition coefficient (Wildman–Crippen LogP) is 1.86. The van der Waals surface area contributed by atoms with Gasteiger partial charge in [-0.15, -0.1) is 15.2 Å². The van der Waals surface area contributed by atoms with E-state index in [1.54, 1.807) is 12.1 Å². The van der Waals surface area contributed by atoms with Gasteiger partial charge in [-0.05, 0) is 19.1 Å². The second kappa shape index (κ2) is 2.91. The molecule has 0 aliphatic rings. The van der Waals surface area contributed by atoms with Gasteiger partial charge in [0.15, 0.2) is 0 Å². The minimum absolute atomic E-state index is 0.495. The second-order valence-electron chi connectivity index (χ2n) is 2.20. The molecule has 0 unspecified atom stereocenters. The van der Waals surface area contributed by atoms with Gasteiger partial charge >= 0.3 is 10.2 Å². The molecule has 62 valence electrons. The van der Waals surface area contributed by atoms with Gasteiger partial charge in [0.05, 0.1) is 0 Å². The molecule has 1 heterocycles. The molecule has 0 aliphatic heterocycles. The SMILES string of the molecule is Cc1ccc(CS(=O)(=O)F)s1. The van der Waals surface area contributed by atoms with E-state index in [2.05, 4.69) is 0 Å². The van der Waals surface area contributed by atoms with E-state index in [-0.39, 0.29) is 0 Å². The monoisotopic (exact) mass is 194 g/mol. The first-order valence-corrected chi connectivity index (χ1v) is 5.32. The van der Waals surface area contributed by atoms with Gasteiger partial charge in [0.1, 0.15) is 5.75 Å². The zero-order valence-corrected chi connectivity index (χ0v) is 7.51. The van der Waals surface area contributed by atoms with E-state index in [1.165, 1.54) is 11.3 Å². The molecule has 2 nitrogen and oxygen atoms in total. The number of hydrogen-bond donors (Lipinski definition) is 0. The molecular weight excluding hydrogens is 187 g/mol. The van der Waals surface area contributed by atoms with Gasteiger partial charge in [-0.3, -0.25) is 0 Å². The quantitative estimate of drug-likeness (QED) is 0.673. The first-order chi connectivity index (χ1) is 4.97. The summed E-state index contributed by atoms with van der Waals surface area (Å²) in [6, 6.07) is 3.39. The Morgan fingerprint density at radius 1 is 1.55 bits per heavy atom. The first-order valence-electron chi connectivity index (χ1n) is 2.95. The van der Waals surface area contributed by atoms with Gasteiger partial charge in [0, 0.05) is 9.75 Å². The summed E-state index contributed by atoms with van der Waals surface area (Å²) in [7, 11) is -4.35. The maximum Gasteiger partial charge on any atom is 0.307 e. The van der Waals surface area contributed by atoms with Crippen molar-refractivity contribution in [2.45, 2.75) is 12.7 Å². The third kappa shape index (κ3) is 2.98. The largest absolute Gasteiger partial charge is 0.307 e. The predicted molar refractivity (Wildman–Crippen MR) is 42.8 cm³/mol. The van der Waals surface area contributed by atoms with Crippen molar-refractivity contribution < 1.29 is 12.3 Å². The van der Waals surface area contributed by atoms with Crippen LogP contribution < -0.4 is 0 Å².